The lowest BCUT2D eigenvalue weighted by Gasteiger charge is -2.07. The van der Waals surface area contributed by atoms with Gasteiger partial charge < -0.3 is 4.84 Å². The topological polar surface area (TPSA) is 97.2 Å². The number of nitrogens with one attached hydrogen (secondary N) is 1. The lowest BCUT2D eigenvalue weighted by molar-refractivity contribution is 0.0595. The zero-order valence-corrected chi connectivity index (χ0v) is 16.7. The number of benzene rings is 3. The van der Waals surface area contributed by atoms with E-state index in [-0.39, 0.29) is 4.90 Å². The molecule has 0 amide bonds. The molecule has 0 aromatic heterocycles. The first-order valence-electron chi connectivity index (χ1n) is 8.00. The summed E-state index contributed by atoms with van der Waals surface area (Å²) in [5, 5.41) is 3.75. The molecule has 28 heavy (non-hydrogen) atoms. The van der Waals surface area contributed by atoms with E-state index in [0.717, 1.165) is 0 Å². The Morgan fingerprint density at radius 1 is 0.893 bits per heavy atom. The molecule has 3 aromatic carbocycles. The van der Waals surface area contributed by atoms with E-state index in [1.807, 2.05) is 0 Å². The second kappa shape index (κ2) is 8.77. The van der Waals surface area contributed by atoms with Gasteiger partial charge in [0.05, 0.1) is 21.8 Å². The molecule has 0 unspecified atom stereocenters. The maximum atomic E-state index is 12.1. The summed E-state index contributed by atoms with van der Waals surface area (Å²) in [4.78, 5) is 17.1. The highest BCUT2D eigenvalue weighted by atomic mass is 79.9. The van der Waals surface area contributed by atoms with E-state index in [9.17, 15) is 13.2 Å². The van der Waals surface area contributed by atoms with Gasteiger partial charge in [0.25, 0.3) is 10.0 Å². The van der Waals surface area contributed by atoms with Gasteiger partial charge in [-0.25, -0.2) is 10.3 Å². The first-order valence-corrected chi connectivity index (χ1v) is 10.2. The minimum Gasteiger partial charge on any atom is -0.338 e. The van der Waals surface area contributed by atoms with Crippen molar-refractivity contribution in [2.24, 2.45) is 9.63 Å². The van der Waals surface area contributed by atoms with E-state index in [4.69, 9.17) is 4.84 Å². The molecule has 0 fully saturated rings. The highest BCUT2D eigenvalue weighted by molar-refractivity contribution is 9.10. The Kier molecular flexibility index (Phi) is 6.17. The average Bonchev–Trinajstić information content (AvgIpc) is 2.72. The summed E-state index contributed by atoms with van der Waals surface area (Å²) >= 11 is 3.28. The highest BCUT2D eigenvalue weighted by Gasteiger charge is 2.12. The van der Waals surface area contributed by atoms with Gasteiger partial charge in [-0.15, -0.1) is 5.11 Å². The first-order chi connectivity index (χ1) is 13.5. The molecular weight excluding hydrogens is 446 g/mol. The van der Waals surface area contributed by atoms with Gasteiger partial charge in [-0.3, -0.25) is 0 Å². The summed E-state index contributed by atoms with van der Waals surface area (Å²) in [5.74, 6) is -0.551. The third-order valence-corrected chi connectivity index (χ3v) is 5.38. The summed E-state index contributed by atoms with van der Waals surface area (Å²) in [5.41, 5.74) is 3.74. The van der Waals surface area contributed by atoms with Crippen LogP contribution in [0.1, 0.15) is 10.4 Å². The Balaban J connectivity index is 1.62. The Labute approximate surface area is 170 Å². The quantitative estimate of drug-likeness (QED) is 0.408. The van der Waals surface area contributed by atoms with E-state index in [1.165, 1.54) is 12.1 Å². The third kappa shape index (κ3) is 5.02. The number of hydrogen-bond donors (Lipinski definition) is 1. The highest BCUT2D eigenvalue weighted by Crippen LogP contribution is 2.21. The van der Waals surface area contributed by atoms with E-state index in [2.05, 4.69) is 31.0 Å². The van der Waals surface area contributed by atoms with E-state index < -0.39 is 16.0 Å². The minimum absolute atomic E-state index is 0.0658. The predicted molar refractivity (Wildman–Crippen MR) is 108 cm³/mol. The molecule has 0 saturated heterocycles. The van der Waals surface area contributed by atoms with Gasteiger partial charge in [0.1, 0.15) is 0 Å². The van der Waals surface area contributed by atoms with Gasteiger partial charge in [0, 0.05) is 4.47 Å². The van der Waals surface area contributed by atoms with Gasteiger partial charge in [0.15, 0.2) is 0 Å². The molecule has 0 heterocycles. The second-order valence-corrected chi connectivity index (χ2v) is 7.93. The maximum Gasteiger partial charge on any atom is 0.363 e. The number of carbonyl (C=O) groups excluding carboxylic acids is 1. The second-order valence-electron chi connectivity index (χ2n) is 5.49. The summed E-state index contributed by atoms with van der Waals surface area (Å²) in [6, 6.07) is 20.9. The van der Waals surface area contributed by atoms with Crippen LogP contribution in [0.4, 0.5) is 11.4 Å². The fourth-order valence-corrected chi connectivity index (χ4v) is 3.37. The summed E-state index contributed by atoms with van der Waals surface area (Å²) in [7, 11) is -3.86. The van der Waals surface area contributed by atoms with Crippen molar-refractivity contribution in [1.82, 2.24) is 0 Å². The SMILES string of the molecule is O=C(ONc1ccc(N=NS(=O)(=O)c2ccccc2)cc1)c1ccccc1Br. The molecule has 3 aromatic rings. The summed E-state index contributed by atoms with van der Waals surface area (Å²) in [6.45, 7) is 0. The van der Waals surface area contributed by atoms with Crippen LogP contribution < -0.4 is 5.48 Å². The van der Waals surface area contributed by atoms with Crippen molar-refractivity contribution in [2.75, 3.05) is 5.48 Å². The number of sulfonamides is 1. The number of hydrogen-bond acceptors (Lipinski definition) is 6. The van der Waals surface area contributed by atoms with Crippen LogP contribution in [0.15, 0.2) is 97.9 Å². The maximum absolute atomic E-state index is 12.1. The van der Waals surface area contributed by atoms with Crippen LogP contribution in [0.25, 0.3) is 0 Å². The lowest BCUT2D eigenvalue weighted by atomic mass is 10.2. The first kappa shape index (κ1) is 19.7. The molecule has 1 N–H and O–H groups in total. The number of halogens is 1. The average molecular weight is 460 g/mol. The Morgan fingerprint density at radius 2 is 1.54 bits per heavy atom. The molecule has 0 aliphatic carbocycles. The number of nitrogens with zero attached hydrogens (tertiary/aromatic N) is 2. The molecule has 0 radical (unpaired) electrons. The molecule has 0 aliphatic rings. The monoisotopic (exact) mass is 459 g/mol. The lowest BCUT2D eigenvalue weighted by Crippen LogP contribution is -2.11. The largest absolute Gasteiger partial charge is 0.363 e. The Morgan fingerprint density at radius 3 is 2.21 bits per heavy atom. The van der Waals surface area contributed by atoms with Crippen molar-refractivity contribution in [3.8, 4) is 0 Å². The molecule has 0 spiro atoms. The number of rotatable bonds is 6. The number of anilines is 1. The fraction of sp³-hybridized carbons (Fsp3) is 0. The Hall–Kier alpha value is -3.04. The van der Waals surface area contributed by atoms with Gasteiger partial charge >= 0.3 is 5.97 Å². The summed E-state index contributed by atoms with van der Waals surface area (Å²) in [6.07, 6.45) is 0. The molecule has 0 aliphatic heterocycles. The van der Waals surface area contributed by atoms with Crippen molar-refractivity contribution in [3.63, 3.8) is 0 Å². The van der Waals surface area contributed by atoms with Gasteiger partial charge in [-0.05, 0) is 64.5 Å². The van der Waals surface area contributed by atoms with Crippen LogP contribution in [0.3, 0.4) is 0 Å². The summed E-state index contributed by atoms with van der Waals surface area (Å²) < 4.78 is 28.2. The predicted octanol–water partition coefficient (Wildman–Crippen LogP) is 5.11. The van der Waals surface area contributed by atoms with Crippen molar-refractivity contribution in [2.45, 2.75) is 4.90 Å². The fourth-order valence-electron chi connectivity index (χ4n) is 2.12. The molecule has 0 saturated carbocycles. The molecular formula is C19H14BrN3O4S. The van der Waals surface area contributed by atoms with Gasteiger partial charge in [-0.2, -0.15) is 8.42 Å². The van der Waals surface area contributed by atoms with Crippen LogP contribution >= 0.6 is 15.9 Å². The smallest absolute Gasteiger partial charge is 0.338 e. The van der Waals surface area contributed by atoms with Crippen molar-refractivity contribution in [1.29, 1.82) is 0 Å². The Bertz CT molecular complexity index is 1100. The molecule has 142 valence electrons. The van der Waals surface area contributed by atoms with E-state index in [0.29, 0.717) is 21.4 Å². The molecule has 7 nitrogen and oxygen atoms in total. The minimum atomic E-state index is -3.86. The van der Waals surface area contributed by atoms with Crippen molar-refractivity contribution >= 4 is 43.3 Å². The van der Waals surface area contributed by atoms with Crippen LogP contribution in [-0.2, 0) is 14.9 Å². The zero-order chi connectivity index (χ0) is 20.0. The van der Waals surface area contributed by atoms with E-state index in [1.54, 1.807) is 66.7 Å². The molecule has 0 bridgehead atoms. The third-order valence-electron chi connectivity index (χ3n) is 3.53. The molecule has 9 heteroatoms. The molecule has 3 rings (SSSR count). The van der Waals surface area contributed by atoms with Crippen molar-refractivity contribution < 1.29 is 18.0 Å². The van der Waals surface area contributed by atoms with Gasteiger partial charge in [0.2, 0.25) is 0 Å². The standard InChI is InChI=1S/C19H14BrN3O4S/c20-18-9-5-4-8-17(18)19(24)27-22-15-12-10-14(11-13-15)21-23-28(25,26)16-6-2-1-3-7-16/h1-13,22H. The number of carbonyl (C=O) groups is 1. The van der Waals surface area contributed by atoms with Crippen LogP contribution in [0, 0.1) is 0 Å². The van der Waals surface area contributed by atoms with Crippen LogP contribution in [0.2, 0.25) is 0 Å². The van der Waals surface area contributed by atoms with Crippen LogP contribution in [-0.4, -0.2) is 14.4 Å². The van der Waals surface area contributed by atoms with E-state index >= 15 is 0 Å². The van der Waals surface area contributed by atoms with Gasteiger partial charge in [-0.1, -0.05) is 34.9 Å². The van der Waals surface area contributed by atoms with Crippen molar-refractivity contribution in [3.05, 3.63) is 88.9 Å². The zero-order valence-electron chi connectivity index (χ0n) is 14.3. The normalized spacial score (nSPS) is 11.3. The molecule has 0 atom stereocenters. The van der Waals surface area contributed by atoms with Crippen LogP contribution in [0.5, 0.6) is 0 Å².